The molecule has 102 valence electrons. The maximum absolute atomic E-state index is 12.2. The highest BCUT2D eigenvalue weighted by molar-refractivity contribution is 5.94. The van der Waals surface area contributed by atoms with Crippen molar-refractivity contribution in [2.45, 2.75) is 6.54 Å². The fourth-order valence-electron chi connectivity index (χ4n) is 2.15. The van der Waals surface area contributed by atoms with Gasteiger partial charge in [0.15, 0.2) is 5.82 Å². The van der Waals surface area contributed by atoms with Crippen molar-refractivity contribution in [1.82, 2.24) is 24.4 Å². The van der Waals surface area contributed by atoms with E-state index >= 15 is 0 Å². The molecular formula is C14H15N5O. The molecule has 0 aliphatic heterocycles. The normalized spacial score (nSPS) is 10.9. The second-order valence-corrected chi connectivity index (χ2v) is 4.62. The molecule has 0 saturated heterocycles. The molecule has 0 unspecified atom stereocenters. The molecule has 3 aromatic rings. The van der Waals surface area contributed by atoms with Crippen LogP contribution in [0.1, 0.15) is 16.4 Å². The summed E-state index contributed by atoms with van der Waals surface area (Å²) < 4.78 is 3.66. The number of hydrogen-bond donors (Lipinski definition) is 1. The zero-order chi connectivity index (χ0) is 14.1. The van der Waals surface area contributed by atoms with Crippen LogP contribution in [0, 0.1) is 0 Å². The quantitative estimate of drug-likeness (QED) is 0.778. The van der Waals surface area contributed by atoms with Crippen molar-refractivity contribution in [1.29, 1.82) is 0 Å². The molecule has 0 spiro atoms. The first kappa shape index (κ1) is 12.4. The number of aromatic nitrogens is 4. The van der Waals surface area contributed by atoms with Crippen LogP contribution in [0.3, 0.4) is 0 Å². The molecule has 0 aliphatic rings. The van der Waals surface area contributed by atoms with Gasteiger partial charge in [-0.1, -0.05) is 12.1 Å². The molecule has 0 saturated carbocycles. The Labute approximate surface area is 116 Å². The van der Waals surface area contributed by atoms with Crippen LogP contribution >= 0.6 is 0 Å². The minimum atomic E-state index is -0.202. The van der Waals surface area contributed by atoms with Crippen molar-refractivity contribution in [3.8, 4) is 0 Å². The summed E-state index contributed by atoms with van der Waals surface area (Å²) in [4.78, 5) is 20.7. The zero-order valence-electron chi connectivity index (χ0n) is 11.4. The average Bonchev–Trinajstić information content (AvgIpc) is 3.01. The van der Waals surface area contributed by atoms with Gasteiger partial charge in [-0.2, -0.15) is 0 Å². The number of imidazole rings is 2. The van der Waals surface area contributed by atoms with Gasteiger partial charge in [0.1, 0.15) is 5.82 Å². The van der Waals surface area contributed by atoms with E-state index in [0.717, 1.165) is 16.9 Å². The summed E-state index contributed by atoms with van der Waals surface area (Å²) in [5, 5.41) is 2.84. The third kappa shape index (κ3) is 2.05. The van der Waals surface area contributed by atoms with Crippen LogP contribution in [0.4, 0.5) is 0 Å². The molecule has 3 rings (SSSR count). The Morgan fingerprint density at radius 2 is 2.10 bits per heavy atom. The number of fused-ring (bicyclic) bond motifs is 1. The summed E-state index contributed by atoms with van der Waals surface area (Å²) in [6.07, 6.45) is 3.55. The molecule has 20 heavy (non-hydrogen) atoms. The average molecular weight is 269 g/mol. The van der Waals surface area contributed by atoms with Crippen molar-refractivity contribution >= 4 is 16.9 Å². The summed E-state index contributed by atoms with van der Waals surface area (Å²) in [6, 6.07) is 7.67. The number of para-hydroxylation sites is 2. The monoisotopic (exact) mass is 269 g/mol. The van der Waals surface area contributed by atoms with Gasteiger partial charge in [-0.15, -0.1) is 0 Å². The molecule has 0 atom stereocenters. The molecule has 0 bridgehead atoms. The largest absolute Gasteiger partial charge is 0.342 e. The van der Waals surface area contributed by atoms with E-state index in [-0.39, 0.29) is 5.91 Å². The summed E-state index contributed by atoms with van der Waals surface area (Å²) in [6.45, 7) is 0.380. The maximum Gasteiger partial charge on any atom is 0.287 e. The second kappa shape index (κ2) is 4.80. The van der Waals surface area contributed by atoms with Gasteiger partial charge < -0.3 is 14.5 Å². The van der Waals surface area contributed by atoms with E-state index < -0.39 is 0 Å². The van der Waals surface area contributed by atoms with E-state index in [1.807, 2.05) is 49.1 Å². The number of carbonyl (C=O) groups is 1. The van der Waals surface area contributed by atoms with Crippen LogP contribution in [0.25, 0.3) is 11.0 Å². The van der Waals surface area contributed by atoms with Crippen LogP contribution in [0.2, 0.25) is 0 Å². The Hall–Kier alpha value is -2.63. The van der Waals surface area contributed by atoms with Crippen LogP contribution in [-0.4, -0.2) is 25.0 Å². The van der Waals surface area contributed by atoms with E-state index in [1.165, 1.54) is 0 Å². The Morgan fingerprint density at radius 1 is 1.30 bits per heavy atom. The highest BCUT2D eigenvalue weighted by Gasteiger charge is 2.15. The van der Waals surface area contributed by atoms with Gasteiger partial charge in [-0.05, 0) is 12.1 Å². The maximum atomic E-state index is 12.2. The number of amides is 1. The fraction of sp³-hybridized carbons (Fsp3) is 0.214. The molecule has 2 aromatic heterocycles. The summed E-state index contributed by atoms with van der Waals surface area (Å²) in [5.41, 5.74) is 1.76. The van der Waals surface area contributed by atoms with Crippen LogP contribution in [0.5, 0.6) is 0 Å². The van der Waals surface area contributed by atoms with Crippen LogP contribution in [0.15, 0.2) is 36.7 Å². The third-order valence-corrected chi connectivity index (χ3v) is 3.32. The lowest BCUT2D eigenvalue weighted by Gasteiger charge is -2.05. The Balaban J connectivity index is 1.82. The molecule has 1 N–H and O–H groups in total. The first-order chi connectivity index (χ1) is 9.66. The smallest absolute Gasteiger partial charge is 0.287 e. The molecule has 1 amide bonds. The van der Waals surface area contributed by atoms with Gasteiger partial charge in [0.2, 0.25) is 0 Å². The first-order valence-corrected chi connectivity index (χ1v) is 6.32. The minimum absolute atomic E-state index is 0.202. The second-order valence-electron chi connectivity index (χ2n) is 4.62. The first-order valence-electron chi connectivity index (χ1n) is 6.32. The number of nitrogens with one attached hydrogen (secondary N) is 1. The van der Waals surface area contributed by atoms with Crippen molar-refractivity contribution in [2.24, 2.45) is 14.1 Å². The summed E-state index contributed by atoms with van der Waals surface area (Å²) >= 11 is 0. The Kier molecular flexibility index (Phi) is 2.98. The third-order valence-electron chi connectivity index (χ3n) is 3.32. The fourth-order valence-corrected chi connectivity index (χ4v) is 2.15. The van der Waals surface area contributed by atoms with Gasteiger partial charge in [-0.25, -0.2) is 9.97 Å². The van der Waals surface area contributed by atoms with Crippen LogP contribution < -0.4 is 5.32 Å². The standard InChI is InChI=1S/C14H15N5O/c1-18-8-7-15-12(18)9-16-14(20)13-17-10-5-3-4-6-11(10)19(13)2/h3-8H,9H2,1-2H3,(H,16,20). The number of hydrogen-bond acceptors (Lipinski definition) is 3. The lowest BCUT2D eigenvalue weighted by molar-refractivity contribution is 0.0936. The van der Waals surface area contributed by atoms with E-state index in [4.69, 9.17) is 0 Å². The van der Waals surface area contributed by atoms with Crippen molar-refractivity contribution in [3.05, 3.63) is 48.3 Å². The van der Waals surface area contributed by atoms with Gasteiger partial charge in [0.25, 0.3) is 5.91 Å². The van der Waals surface area contributed by atoms with Crippen LogP contribution in [-0.2, 0) is 20.6 Å². The summed E-state index contributed by atoms with van der Waals surface area (Å²) in [5.74, 6) is 1.00. The Bertz CT molecular complexity index is 771. The molecule has 1 aromatic carbocycles. The number of aryl methyl sites for hydroxylation is 2. The van der Waals surface area contributed by atoms with E-state index in [2.05, 4.69) is 15.3 Å². The molecule has 6 heteroatoms. The molecule has 0 radical (unpaired) electrons. The molecule has 0 fully saturated rings. The van der Waals surface area contributed by atoms with Crippen molar-refractivity contribution in [3.63, 3.8) is 0 Å². The van der Waals surface area contributed by atoms with Gasteiger partial charge in [-0.3, -0.25) is 4.79 Å². The number of carbonyl (C=O) groups excluding carboxylic acids is 1. The zero-order valence-corrected chi connectivity index (χ0v) is 11.4. The highest BCUT2D eigenvalue weighted by atomic mass is 16.2. The molecule has 6 nitrogen and oxygen atoms in total. The predicted molar refractivity (Wildman–Crippen MR) is 75.1 cm³/mol. The topological polar surface area (TPSA) is 64.7 Å². The number of rotatable bonds is 3. The number of nitrogens with zero attached hydrogens (tertiary/aromatic N) is 4. The van der Waals surface area contributed by atoms with E-state index in [1.54, 1.807) is 10.8 Å². The predicted octanol–water partition coefficient (Wildman–Crippen LogP) is 1.24. The van der Waals surface area contributed by atoms with Gasteiger partial charge in [0.05, 0.1) is 17.6 Å². The van der Waals surface area contributed by atoms with E-state index in [0.29, 0.717) is 12.4 Å². The SMILES string of the molecule is Cn1ccnc1CNC(=O)c1nc2ccccc2n1C. The van der Waals surface area contributed by atoms with Gasteiger partial charge in [0, 0.05) is 26.5 Å². The molecule has 0 aliphatic carbocycles. The molecule has 2 heterocycles. The Morgan fingerprint density at radius 3 is 2.80 bits per heavy atom. The van der Waals surface area contributed by atoms with Gasteiger partial charge >= 0.3 is 0 Å². The minimum Gasteiger partial charge on any atom is -0.342 e. The number of benzene rings is 1. The van der Waals surface area contributed by atoms with Crippen molar-refractivity contribution in [2.75, 3.05) is 0 Å². The lowest BCUT2D eigenvalue weighted by Crippen LogP contribution is -2.26. The lowest BCUT2D eigenvalue weighted by atomic mass is 10.3. The molecular weight excluding hydrogens is 254 g/mol. The highest BCUT2D eigenvalue weighted by Crippen LogP contribution is 2.14. The van der Waals surface area contributed by atoms with Crippen molar-refractivity contribution < 1.29 is 4.79 Å². The summed E-state index contributed by atoms with van der Waals surface area (Å²) in [7, 11) is 3.73. The van der Waals surface area contributed by atoms with E-state index in [9.17, 15) is 4.79 Å².